The van der Waals surface area contributed by atoms with Crippen molar-refractivity contribution >= 4 is 44.2 Å². The number of nitrogens with one attached hydrogen (secondary N) is 1. The van der Waals surface area contributed by atoms with Crippen molar-refractivity contribution in [1.82, 2.24) is 4.98 Å². The third-order valence-electron chi connectivity index (χ3n) is 3.14. The number of hydrogen-bond donors (Lipinski definition) is 1. The zero-order chi connectivity index (χ0) is 15.1. The van der Waals surface area contributed by atoms with E-state index in [2.05, 4.69) is 20.9 Å². The normalized spacial score (nSPS) is 11.0. The van der Waals surface area contributed by atoms with Gasteiger partial charge in [0.05, 0.1) is 16.1 Å². The van der Waals surface area contributed by atoms with Gasteiger partial charge >= 0.3 is 0 Å². The van der Waals surface area contributed by atoms with Gasteiger partial charge in [-0.15, -0.1) is 0 Å². The zero-order valence-electron chi connectivity index (χ0n) is 10.4. The van der Waals surface area contributed by atoms with Crippen molar-refractivity contribution in [3.63, 3.8) is 0 Å². The van der Waals surface area contributed by atoms with Gasteiger partial charge in [-0.1, -0.05) is 39.7 Å². The van der Waals surface area contributed by atoms with E-state index in [4.69, 9.17) is 11.6 Å². The Morgan fingerprint density at radius 2 is 1.86 bits per heavy atom. The van der Waals surface area contributed by atoms with E-state index >= 15 is 0 Å². The van der Waals surface area contributed by atoms with Gasteiger partial charge in [-0.25, -0.2) is 8.78 Å². The SMILES string of the molecule is O=C(c1c(F)cc(Br)cc1F)c1c[nH]c2c(Cl)cccc12. The molecule has 3 aromatic rings. The van der Waals surface area contributed by atoms with Crippen LogP contribution in [0.4, 0.5) is 8.78 Å². The summed E-state index contributed by atoms with van der Waals surface area (Å²) in [5.41, 5.74) is 0.146. The number of H-pyrrole nitrogens is 1. The molecule has 0 aliphatic carbocycles. The third kappa shape index (κ3) is 2.36. The molecule has 1 N–H and O–H groups in total. The molecule has 2 aromatic carbocycles. The maximum Gasteiger partial charge on any atom is 0.201 e. The Morgan fingerprint density at radius 3 is 2.52 bits per heavy atom. The van der Waals surface area contributed by atoms with Crippen LogP contribution in [0.2, 0.25) is 5.02 Å². The number of rotatable bonds is 2. The molecule has 1 aromatic heterocycles. The third-order valence-corrected chi connectivity index (χ3v) is 3.92. The molecule has 1 heterocycles. The standard InChI is InChI=1S/C15H7BrClF2NO/c16-7-4-11(18)13(12(19)5-7)15(21)9-6-20-14-8(9)2-1-3-10(14)17/h1-6,20H. The fraction of sp³-hybridized carbons (Fsp3) is 0. The van der Waals surface area contributed by atoms with Gasteiger partial charge in [-0.05, 0) is 18.2 Å². The smallest absolute Gasteiger partial charge is 0.201 e. The molecule has 106 valence electrons. The van der Waals surface area contributed by atoms with Gasteiger partial charge in [-0.3, -0.25) is 4.79 Å². The van der Waals surface area contributed by atoms with Crippen LogP contribution in [0.25, 0.3) is 10.9 Å². The van der Waals surface area contributed by atoms with Crippen molar-refractivity contribution in [2.75, 3.05) is 0 Å². The van der Waals surface area contributed by atoms with E-state index in [0.717, 1.165) is 12.1 Å². The molecule has 0 aliphatic rings. The van der Waals surface area contributed by atoms with Gasteiger partial charge in [0, 0.05) is 21.6 Å². The minimum absolute atomic E-state index is 0.174. The zero-order valence-corrected chi connectivity index (χ0v) is 12.7. The molecule has 0 atom stereocenters. The summed E-state index contributed by atoms with van der Waals surface area (Å²) >= 11 is 8.99. The van der Waals surface area contributed by atoms with Gasteiger partial charge < -0.3 is 4.98 Å². The van der Waals surface area contributed by atoms with E-state index in [0.29, 0.717) is 15.9 Å². The summed E-state index contributed by atoms with van der Waals surface area (Å²) in [6, 6.07) is 7.11. The van der Waals surface area contributed by atoms with E-state index in [-0.39, 0.29) is 10.0 Å². The van der Waals surface area contributed by atoms with Crippen LogP contribution in [0, 0.1) is 11.6 Å². The quantitative estimate of drug-likeness (QED) is 0.626. The number of carbonyl (C=O) groups is 1. The van der Waals surface area contributed by atoms with Crippen LogP contribution >= 0.6 is 27.5 Å². The Morgan fingerprint density at radius 1 is 1.19 bits per heavy atom. The first-order valence-electron chi connectivity index (χ1n) is 5.94. The topological polar surface area (TPSA) is 32.9 Å². The van der Waals surface area contributed by atoms with Crippen molar-refractivity contribution < 1.29 is 13.6 Å². The monoisotopic (exact) mass is 369 g/mol. The van der Waals surface area contributed by atoms with Crippen LogP contribution in [0.3, 0.4) is 0 Å². The van der Waals surface area contributed by atoms with Crippen LogP contribution in [0.15, 0.2) is 41.0 Å². The molecule has 21 heavy (non-hydrogen) atoms. The molecule has 3 rings (SSSR count). The first-order valence-corrected chi connectivity index (χ1v) is 7.11. The molecular formula is C15H7BrClF2NO. The highest BCUT2D eigenvalue weighted by molar-refractivity contribution is 9.10. The van der Waals surface area contributed by atoms with Crippen LogP contribution in [0.5, 0.6) is 0 Å². The van der Waals surface area contributed by atoms with Crippen molar-refractivity contribution in [2.24, 2.45) is 0 Å². The number of carbonyl (C=O) groups excluding carboxylic acids is 1. The molecule has 0 radical (unpaired) electrons. The maximum atomic E-state index is 13.9. The van der Waals surface area contributed by atoms with Crippen LogP contribution in [0.1, 0.15) is 15.9 Å². The molecule has 0 saturated carbocycles. The van der Waals surface area contributed by atoms with Crippen molar-refractivity contribution in [1.29, 1.82) is 0 Å². The fourth-order valence-corrected chi connectivity index (χ4v) is 2.83. The van der Waals surface area contributed by atoms with Gasteiger partial charge in [0.1, 0.15) is 11.6 Å². The average Bonchev–Trinajstić information content (AvgIpc) is 2.82. The molecule has 0 bridgehead atoms. The highest BCUT2D eigenvalue weighted by Gasteiger charge is 2.22. The second-order valence-corrected chi connectivity index (χ2v) is 5.76. The lowest BCUT2D eigenvalue weighted by Crippen LogP contribution is -2.07. The van der Waals surface area contributed by atoms with E-state index in [1.807, 2.05) is 0 Å². The second kappa shape index (κ2) is 5.24. The molecule has 0 spiro atoms. The first kappa shape index (κ1) is 14.2. The average molecular weight is 371 g/mol. The number of halogens is 4. The summed E-state index contributed by atoms with van der Waals surface area (Å²) < 4.78 is 28.0. The molecule has 0 unspecified atom stereocenters. The van der Waals surface area contributed by atoms with Crippen molar-refractivity contribution in [2.45, 2.75) is 0 Å². The van der Waals surface area contributed by atoms with Gasteiger partial charge in [0.25, 0.3) is 0 Å². The Kier molecular flexibility index (Phi) is 3.55. The second-order valence-electron chi connectivity index (χ2n) is 4.44. The predicted molar refractivity (Wildman–Crippen MR) is 80.8 cm³/mol. The number of benzene rings is 2. The Balaban J connectivity index is 2.20. The molecule has 2 nitrogen and oxygen atoms in total. The molecule has 0 amide bonds. The number of hydrogen-bond acceptors (Lipinski definition) is 1. The summed E-state index contributed by atoms with van der Waals surface area (Å²) in [6.45, 7) is 0. The number of aromatic nitrogens is 1. The van der Waals surface area contributed by atoms with E-state index in [9.17, 15) is 13.6 Å². The van der Waals surface area contributed by atoms with E-state index < -0.39 is 23.0 Å². The summed E-state index contributed by atoms with van der Waals surface area (Å²) in [5, 5.41) is 0.956. The Labute approximate surface area is 131 Å². The lowest BCUT2D eigenvalue weighted by atomic mass is 10.0. The van der Waals surface area contributed by atoms with Gasteiger partial charge in [-0.2, -0.15) is 0 Å². The summed E-state index contributed by atoms with van der Waals surface area (Å²) in [5.74, 6) is -2.56. The van der Waals surface area contributed by atoms with Crippen LogP contribution in [-0.2, 0) is 0 Å². The number of aromatic amines is 1. The van der Waals surface area contributed by atoms with Crippen LogP contribution in [-0.4, -0.2) is 10.8 Å². The van der Waals surface area contributed by atoms with Crippen molar-refractivity contribution in [3.05, 3.63) is 68.8 Å². The molecule has 0 fully saturated rings. The lowest BCUT2D eigenvalue weighted by Gasteiger charge is -2.04. The fourth-order valence-electron chi connectivity index (χ4n) is 2.20. The molecule has 0 saturated heterocycles. The largest absolute Gasteiger partial charge is 0.359 e. The lowest BCUT2D eigenvalue weighted by molar-refractivity contribution is 0.103. The predicted octanol–water partition coefficient (Wildman–Crippen LogP) is 5.09. The van der Waals surface area contributed by atoms with E-state index in [1.165, 1.54) is 6.20 Å². The summed E-state index contributed by atoms with van der Waals surface area (Å²) in [6.07, 6.45) is 1.40. The van der Waals surface area contributed by atoms with Crippen molar-refractivity contribution in [3.8, 4) is 0 Å². The summed E-state index contributed by atoms with van der Waals surface area (Å²) in [7, 11) is 0. The number of para-hydroxylation sites is 1. The highest BCUT2D eigenvalue weighted by atomic mass is 79.9. The van der Waals surface area contributed by atoms with E-state index in [1.54, 1.807) is 18.2 Å². The molecule has 0 aliphatic heterocycles. The number of fused-ring (bicyclic) bond motifs is 1. The Bertz CT molecular complexity index is 852. The number of ketones is 1. The molecule has 6 heteroatoms. The van der Waals surface area contributed by atoms with Crippen LogP contribution < -0.4 is 0 Å². The highest BCUT2D eigenvalue weighted by Crippen LogP contribution is 2.29. The minimum atomic E-state index is -0.914. The Hall–Kier alpha value is -1.72. The van der Waals surface area contributed by atoms with Gasteiger partial charge in [0.2, 0.25) is 5.78 Å². The minimum Gasteiger partial charge on any atom is -0.359 e. The van der Waals surface area contributed by atoms with Gasteiger partial charge in [0.15, 0.2) is 0 Å². The first-order chi connectivity index (χ1) is 9.99. The molecular weight excluding hydrogens is 364 g/mol. The maximum absolute atomic E-state index is 13.9. The summed E-state index contributed by atoms with van der Waals surface area (Å²) in [4.78, 5) is 15.3.